The molecule has 9 heteroatoms. The summed E-state index contributed by atoms with van der Waals surface area (Å²) in [5.41, 5.74) is 1.18. The molecule has 0 unspecified atom stereocenters. The Labute approximate surface area is 167 Å². The first-order valence-electron chi connectivity index (χ1n) is 7.24. The van der Waals surface area contributed by atoms with Gasteiger partial charge in [0.2, 0.25) is 10.0 Å². The smallest absolute Gasteiger partial charge is 0.280 e. The van der Waals surface area contributed by atoms with E-state index in [-0.39, 0.29) is 17.3 Å². The fourth-order valence-electron chi connectivity index (χ4n) is 2.34. The molecule has 2 N–H and O–H groups in total. The largest absolute Gasteiger partial charge is 0.305 e. The predicted molar refractivity (Wildman–Crippen MR) is 109 cm³/mol. The van der Waals surface area contributed by atoms with Crippen LogP contribution in [0, 0.1) is 15.9 Å². The van der Waals surface area contributed by atoms with Gasteiger partial charge in [-0.05, 0) is 52.9 Å². The molecule has 1 heterocycles. The van der Waals surface area contributed by atoms with Crippen LogP contribution in [0.25, 0.3) is 10.2 Å². The lowest BCUT2D eigenvalue weighted by Gasteiger charge is -2.02. The first kappa shape index (κ1) is 18.8. The maximum atomic E-state index is 12.5. The van der Waals surface area contributed by atoms with Crippen molar-refractivity contribution in [2.75, 3.05) is 0 Å². The number of benzene rings is 2. The van der Waals surface area contributed by atoms with Gasteiger partial charge >= 0.3 is 0 Å². The van der Waals surface area contributed by atoms with Crippen molar-refractivity contribution in [3.05, 3.63) is 56.4 Å². The minimum absolute atomic E-state index is 0.00501. The number of carbonyl (C=O) groups is 1. The summed E-state index contributed by atoms with van der Waals surface area (Å²) in [7, 11) is -3.82. The van der Waals surface area contributed by atoms with Crippen molar-refractivity contribution in [1.82, 2.24) is 4.57 Å². The molecule has 3 rings (SSSR count). The van der Waals surface area contributed by atoms with Gasteiger partial charge in [-0.1, -0.05) is 29.4 Å². The van der Waals surface area contributed by atoms with Gasteiger partial charge in [0.25, 0.3) is 5.91 Å². The molecule has 2 aromatic carbocycles. The number of aromatic nitrogens is 1. The SMILES string of the molecule is C#CCn1c(=NC(=O)c2ccccc2I)sc2cc(S(N)(=O)=O)ccc21. The average Bonchev–Trinajstić information content (AvgIpc) is 2.91. The van der Waals surface area contributed by atoms with Crippen molar-refractivity contribution in [3.8, 4) is 12.3 Å². The number of nitrogens with two attached hydrogens (primary N) is 1. The number of thiazole rings is 1. The van der Waals surface area contributed by atoms with Crippen molar-refractivity contribution >= 4 is 60.1 Å². The molecule has 0 bridgehead atoms. The lowest BCUT2D eigenvalue weighted by Crippen LogP contribution is -2.17. The second kappa shape index (κ2) is 7.32. The van der Waals surface area contributed by atoms with Crippen LogP contribution in [0.5, 0.6) is 0 Å². The molecule has 0 atom stereocenters. The normalized spacial score (nSPS) is 12.3. The Morgan fingerprint density at radius 1 is 1.31 bits per heavy atom. The van der Waals surface area contributed by atoms with E-state index in [0.717, 1.165) is 3.57 Å². The van der Waals surface area contributed by atoms with Crippen molar-refractivity contribution in [3.63, 3.8) is 0 Å². The Bertz CT molecular complexity index is 1230. The maximum Gasteiger partial charge on any atom is 0.280 e. The van der Waals surface area contributed by atoms with E-state index in [1.54, 1.807) is 22.8 Å². The highest BCUT2D eigenvalue weighted by atomic mass is 127. The van der Waals surface area contributed by atoms with Crippen molar-refractivity contribution in [2.45, 2.75) is 11.4 Å². The summed E-state index contributed by atoms with van der Waals surface area (Å²) < 4.78 is 26.2. The topological polar surface area (TPSA) is 94.5 Å². The van der Waals surface area contributed by atoms with E-state index in [1.165, 1.54) is 23.5 Å². The van der Waals surface area contributed by atoms with Crippen LogP contribution in [0.4, 0.5) is 0 Å². The molecule has 26 heavy (non-hydrogen) atoms. The summed E-state index contributed by atoms with van der Waals surface area (Å²) in [5.74, 6) is 2.14. The molecule has 0 radical (unpaired) electrons. The standard InChI is InChI=1S/C17H12IN3O3S2/c1-2-9-21-14-8-7-11(26(19,23)24)10-15(14)25-17(21)20-16(22)12-5-3-4-6-13(12)18/h1,3-8,10H,9H2,(H2,19,23,24). The van der Waals surface area contributed by atoms with E-state index in [2.05, 4.69) is 33.5 Å². The molecule has 1 aromatic heterocycles. The number of hydrogen-bond donors (Lipinski definition) is 1. The lowest BCUT2D eigenvalue weighted by atomic mass is 10.2. The second-order valence-corrected chi connectivity index (χ2v) is 8.98. The number of carbonyl (C=O) groups excluding carboxylic acids is 1. The van der Waals surface area contributed by atoms with Gasteiger partial charge in [0, 0.05) is 3.57 Å². The highest BCUT2D eigenvalue weighted by molar-refractivity contribution is 14.1. The van der Waals surface area contributed by atoms with Gasteiger partial charge in [-0.25, -0.2) is 13.6 Å². The lowest BCUT2D eigenvalue weighted by molar-refractivity contribution is 0.0997. The molecule has 0 aliphatic heterocycles. The summed E-state index contributed by atoms with van der Waals surface area (Å²) in [4.78, 5) is 17.1. The van der Waals surface area contributed by atoms with Crippen LogP contribution in [-0.2, 0) is 16.6 Å². The second-order valence-electron chi connectivity index (χ2n) is 5.25. The summed E-state index contributed by atoms with van der Waals surface area (Å²) in [6, 6.07) is 11.6. The number of hydrogen-bond acceptors (Lipinski definition) is 4. The zero-order valence-corrected chi connectivity index (χ0v) is 17.0. The van der Waals surface area contributed by atoms with E-state index in [0.29, 0.717) is 20.6 Å². The van der Waals surface area contributed by atoms with Gasteiger partial charge in [0.15, 0.2) is 4.80 Å². The Kier molecular flexibility index (Phi) is 5.29. The Balaban J connectivity index is 2.22. The van der Waals surface area contributed by atoms with Gasteiger partial charge in [-0.3, -0.25) is 4.79 Å². The molecule has 0 aliphatic carbocycles. The fraction of sp³-hybridized carbons (Fsp3) is 0.0588. The van der Waals surface area contributed by atoms with Crippen LogP contribution in [0.3, 0.4) is 0 Å². The first-order chi connectivity index (χ1) is 12.3. The third-order valence-corrected chi connectivity index (χ3v) is 6.43. The molecule has 0 saturated heterocycles. The predicted octanol–water partition coefficient (Wildman–Crippen LogP) is 2.33. The van der Waals surface area contributed by atoms with Crippen LogP contribution in [0.2, 0.25) is 0 Å². The maximum absolute atomic E-state index is 12.5. The quantitative estimate of drug-likeness (QED) is 0.445. The monoisotopic (exact) mass is 497 g/mol. The molecular weight excluding hydrogens is 485 g/mol. The number of fused-ring (bicyclic) bond motifs is 1. The minimum atomic E-state index is -3.82. The number of primary sulfonamides is 1. The molecule has 0 spiro atoms. The number of rotatable bonds is 3. The van der Waals surface area contributed by atoms with Crippen LogP contribution in [0.15, 0.2) is 52.4 Å². The zero-order valence-electron chi connectivity index (χ0n) is 13.2. The molecule has 1 amide bonds. The van der Waals surface area contributed by atoms with E-state index in [9.17, 15) is 13.2 Å². The number of halogens is 1. The van der Waals surface area contributed by atoms with Crippen LogP contribution >= 0.6 is 33.9 Å². The van der Waals surface area contributed by atoms with Crippen LogP contribution < -0.4 is 9.94 Å². The van der Waals surface area contributed by atoms with Crippen molar-refractivity contribution < 1.29 is 13.2 Å². The summed E-state index contributed by atoms with van der Waals surface area (Å²) in [6.07, 6.45) is 5.43. The molecular formula is C17H12IN3O3S2. The van der Waals surface area contributed by atoms with Crippen LogP contribution in [-0.4, -0.2) is 18.9 Å². The van der Waals surface area contributed by atoms with Crippen LogP contribution in [0.1, 0.15) is 10.4 Å². The molecule has 0 aliphatic rings. The average molecular weight is 497 g/mol. The third-order valence-electron chi connectivity index (χ3n) is 3.53. The van der Waals surface area contributed by atoms with Crippen molar-refractivity contribution in [1.29, 1.82) is 0 Å². The van der Waals surface area contributed by atoms with Gasteiger partial charge in [-0.15, -0.1) is 6.42 Å². The van der Waals surface area contributed by atoms with Gasteiger partial charge in [-0.2, -0.15) is 4.99 Å². The van der Waals surface area contributed by atoms with E-state index in [4.69, 9.17) is 11.6 Å². The summed E-state index contributed by atoms with van der Waals surface area (Å²) in [6.45, 7) is 0.201. The molecule has 6 nitrogen and oxygen atoms in total. The number of sulfonamides is 1. The molecule has 3 aromatic rings. The van der Waals surface area contributed by atoms with E-state index < -0.39 is 10.0 Å². The number of amides is 1. The van der Waals surface area contributed by atoms with E-state index in [1.807, 2.05) is 12.1 Å². The Hall–Kier alpha value is -2.00. The number of terminal acetylenes is 1. The molecule has 0 fully saturated rings. The van der Waals surface area contributed by atoms with Gasteiger partial charge in [0.1, 0.15) is 0 Å². The highest BCUT2D eigenvalue weighted by Crippen LogP contribution is 2.21. The summed E-state index contributed by atoms with van der Waals surface area (Å²) >= 11 is 3.25. The van der Waals surface area contributed by atoms with Gasteiger partial charge in [0.05, 0.1) is 27.2 Å². The van der Waals surface area contributed by atoms with E-state index >= 15 is 0 Å². The number of nitrogens with zero attached hydrogens (tertiary/aromatic N) is 2. The molecule has 132 valence electrons. The first-order valence-corrected chi connectivity index (χ1v) is 10.7. The summed E-state index contributed by atoms with van der Waals surface area (Å²) in [5, 5.41) is 5.18. The van der Waals surface area contributed by atoms with Gasteiger partial charge < -0.3 is 4.57 Å². The van der Waals surface area contributed by atoms with Crippen molar-refractivity contribution in [2.24, 2.45) is 10.1 Å². The Morgan fingerprint density at radius 3 is 2.69 bits per heavy atom. The minimum Gasteiger partial charge on any atom is -0.305 e. The third kappa shape index (κ3) is 3.73. The fourth-order valence-corrected chi connectivity index (χ4v) is 4.64. The Morgan fingerprint density at radius 2 is 2.04 bits per heavy atom. The highest BCUT2D eigenvalue weighted by Gasteiger charge is 2.14. The zero-order chi connectivity index (χ0) is 18.9. The molecule has 0 saturated carbocycles.